The van der Waals surface area contributed by atoms with E-state index in [0.717, 1.165) is 43.3 Å². The number of halogens is 3. The lowest BCUT2D eigenvalue weighted by Gasteiger charge is -2.18. The van der Waals surface area contributed by atoms with E-state index in [9.17, 15) is 18.0 Å². The lowest BCUT2D eigenvalue weighted by molar-refractivity contribution is -0.139. The molecule has 32 heavy (non-hydrogen) atoms. The second-order valence-corrected chi connectivity index (χ2v) is 8.05. The van der Waals surface area contributed by atoms with Gasteiger partial charge in [-0.1, -0.05) is 24.3 Å². The van der Waals surface area contributed by atoms with Gasteiger partial charge in [-0.3, -0.25) is 4.90 Å². The quantitative estimate of drug-likeness (QED) is 0.684. The van der Waals surface area contributed by atoms with E-state index in [1.807, 2.05) is 24.3 Å². The van der Waals surface area contributed by atoms with Crippen molar-refractivity contribution in [2.45, 2.75) is 37.9 Å². The highest BCUT2D eigenvalue weighted by atomic mass is 19.4. The molecule has 4 rings (SSSR count). The number of nitrogens with zero attached hydrogens (tertiary/aromatic N) is 1. The molecule has 0 saturated carbocycles. The summed E-state index contributed by atoms with van der Waals surface area (Å²) in [6.45, 7) is 1.91. The van der Waals surface area contributed by atoms with Gasteiger partial charge in [0.15, 0.2) is 6.61 Å². The van der Waals surface area contributed by atoms with Crippen molar-refractivity contribution >= 4 is 5.97 Å². The number of carboxylic acids is 1. The van der Waals surface area contributed by atoms with Gasteiger partial charge in [0.2, 0.25) is 0 Å². The van der Waals surface area contributed by atoms with Crippen LogP contribution in [0.1, 0.15) is 35.0 Å². The van der Waals surface area contributed by atoms with Gasteiger partial charge in [0, 0.05) is 19.0 Å². The first-order valence-corrected chi connectivity index (χ1v) is 10.5. The largest absolute Gasteiger partial charge is 0.482 e. The molecule has 0 spiro atoms. The summed E-state index contributed by atoms with van der Waals surface area (Å²) in [6.07, 6.45) is 1.51. The van der Waals surface area contributed by atoms with Crippen LogP contribution in [0.2, 0.25) is 0 Å². The Labute approximate surface area is 183 Å². The fourth-order valence-electron chi connectivity index (χ4n) is 4.08. The molecule has 8 heteroatoms. The van der Waals surface area contributed by atoms with Crippen molar-refractivity contribution in [2.75, 3.05) is 19.7 Å². The van der Waals surface area contributed by atoms with Crippen molar-refractivity contribution in [1.29, 1.82) is 0 Å². The summed E-state index contributed by atoms with van der Waals surface area (Å²) < 4.78 is 49.6. The molecule has 0 fully saturated rings. The number of benzene rings is 1. The van der Waals surface area contributed by atoms with Crippen molar-refractivity contribution in [1.82, 2.24) is 4.90 Å². The third-order valence-corrected chi connectivity index (χ3v) is 5.79. The van der Waals surface area contributed by atoms with E-state index in [4.69, 9.17) is 14.3 Å². The maximum atomic E-state index is 12.8. The number of allylic oxidation sites excluding steroid dienone is 4. The number of rotatable bonds is 6. The lowest BCUT2D eigenvalue weighted by Crippen LogP contribution is -2.25. The van der Waals surface area contributed by atoms with Gasteiger partial charge in [0.25, 0.3) is 0 Å². The normalized spacial score (nSPS) is 19.2. The molecule has 0 bridgehead atoms. The van der Waals surface area contributed by atoms with Crippen molar-refractivity contribution in [3.05, 3.63) is 76.8 Å². The molecule has 5 nitrogen and oxygen atoms in total. The van der Waals surface area contributed by atoms with Crippen LogP contribution in [0.5, 0.6) is 5.75 Å². The standard InChI is InChI=1S/C24H24F3NO4/c25-24(26,27)19-4-1-17(2-5-19)22-8-7-21(32-22)14-28-11-9-16-3-6-20(31-15-23(29)30)13-18(16)10-12-28/h1,3-8,13,17H,2,9-12,14-15H2,(H,29,30). The highest BCUT2D eigenvalue weighted by Gasteiger charge is 2.33. The van der Waals surface area contributed by atoms with Gasteiger partial charge in [-0.25, -0.2) is 4.79 Å². The minimum absolute atomic E-state index is 0.188. The van der Waals surface area contributed by atoms with E-state index >= 15 is 0 Å². The SMILES string of the molecule is O=C(O)COc1ccc2c(c1)CCN(Cc1ccc(C3C=CC(C(F)(F)F)=CC3)o1)CC2. The van der Waals surface area contributed by atoms with Crippen LogP contribution in [0.3, 0.4) is 0 Å². The van der Waals surface area contributed by atoms with Crippen molar-refractivity contribution < 1.29 is 32.2 Å². The molecule has 170 valence electrons. The second kappa shape index (κ2) is 9.24. The highest BCUT2D eigenvalue weighted by Crippen LogP contribution is 2.35. The molecular weight excluding hydrogens is 423 g/mol. The van der Waals surface area contributed by atoms with Gasteiger partial charge >= 0.3 is 12.1 Å². The molecule has 2 aliphatic rings. The maximum Gasteiger partial charge on any atom is 0.416 e. The minimum Gasteiger partial charge on any atom is -0.482 e. The van der Waals surface area contributed by atoms with Crippen LogP contribution in [0.25, 0.3) is 0 Å². The number of hydrogen-bond acceptors (Lipinski definition) is 4. The zero-order chi connectivity index (χ0) is 22.7. The number of carboxylic acid groups (broad SMARTS) is 1. The molecule has 1 aromatic heterocycles. The summed E-state index contributed by atoms with van der Waals surface area (Å²) in [5, 5.41) is 8.77. The van der Waals surface area contributed by atoms with Gasteiger partial charge in [0.05, 0.1) is 12.1 Å². The maximum absolute atomic E-state index is 12.8. The Balaban J connectivity index is 1.34. The summed E-state index contributed by atoms with van der Waals surface area (Å²) in [6, 6.07) is 9.42. The Kier molecular flexibility index (Phi) is 6.41. The first kappa shape index (κ1) is 22.2. The van der Waals surface area contributed by atoms with E-state index in [2.05, 4.69) is 4.90 Å². The van der Waals surface area contributed by atoms with Gasteiger partial charge < -0.3 is 14.3 Å². The van der Waals surface area contributed by atoms with Crippen molar-refractivity contribution in [2.24, 2.45) is 0 Å². The van der Waals surface area contributed by atoms with Gasteiger partial charge in [-0.05, 0) is 54.7 Å². The van der Waals surface area contributed by atoms with Gasteiger partial charge in [-0.15, -0.1) is 0 Å². The monoisotopic (exact) mass is 447 g/mol. The van der Waals surface area contributed by atoms with Crippen LogP contribution >= 0.6 is 0 Å². The summed E-state index contributed by atoms with van der Waals surface area (Å²) in [5.41, 5.74) is 1.76. The Hall–Kier alpha value is -3.00. The molecule has 0 saturated heterocycles. The summed E-state index contributed by atoms with van der Waals surface area (Å²) in [4.78, 5) is 13.0. The first-order valence-electron chi connectivity index (χ1n) is 10.5. The zero-order valence-electron chi connectivity index (χ0n) is 17.4. The Morgan fingerprint density at radius 1 is 1.16 bits per heavy atom. The number of furan rings is 1. The average Bonchev–Trinajstić information content (AvgIpc) is 3.13. The van der Waals surface area contributed by atoms with E-state index in [1.54, 1.807) is 12.1 Å². The molecule has 1 atom stereocenters. The molecule has 1 N–H and O–H groups in total. The van der Waals surface area contributed by atoms with Crippen LogP contribution < -0.4 is 4.74 Å². The Morgan fingerprint density at radius 3 is 2.62 bits per heavy atom. The van der Waals surface area contributed by atoms with Crippen LogP contribution in [0.15, 0.2) is 58.6 Å². The molecule has 0 radical (unpaired) electrons. The highest BCUT2D eigenvalue weighted by molar-refractivity contribution is 5.68. The number of ether oxygens (including phenoxy) is 1. The van der Waals surface area contributed by atoms with E-state index in [1.165, 1.54) is 11.6 Å². The molecule has 1 unspecified atom stereocenters. The molecular formula is C24H24F3NO4. The van der Waals surface area contributed by atoms with Gasteiger partial charge in [-0.2, -0.15) is 13.2 Å². The molecule has 1 aliphatic carbocycles. The van der Waals surface area contributed by atoms with Crippen LogP contribution in [-0.4, -0.2) is 41.8 Å². The van der Waals surface area contributed by atoms with Gasteiger partial charge in [0.1, 0.15) is 17.3 Å². The fraction of sp³-hybridized carbons (Fsp3) is 0.375. The van der Waals surface area contributed by atoms with Crippen molar-refractivity contribution in [3.8, 4) is 5.75 Å². The molecule has 2 aromatic rings. The third kappa shape index (κ3) is 5.43. The summed E-state index contributed by atoms with van der Waals surface area (Å²) in [7, 11) is 0. The Morgan fingerprint density at radius 2 is 1.94 bits per heavy atom. The van der Waals surface area contributed by atoms with E-state index in [-0.39, 0.29) is 18.9 Å². The molecule has 0 amide bonds. The predicted molar refractivity (Wildman–Crippen MR) is 112 cm³/mol. The van der Waals surface area contributed by atoms with E-state index < -0.39 is 17.7 Å². The molecule has 1 aliphatic heterocycles. The summed E-state index contributed by atoms with van der Waals surface area (Å²) >= 11 is 0. The van der Waals surface area contributed by atoms with Crippen LogP contribution in [-0.2, 0) is 24.2 Å². The van der Waals surface area contributed by atoms with Crippen LogP contribution in [0, 0.1) is 0 Å². The number of aliphatic carboxylic acids is 1. The van der Waals surface area contributed by atoms with E-state index in [0.29, 0.717) is 18.1 Å². The fourth-order valence-corrected chi connectivity index (χ4v) is 4.08. The number of carbonyl (C=O) groups is 1. The van der Waals surface area contributed by atoms with Crippen LogP contribution in [0.4, 0.5) is 13.2 Å². The topological polar surface area (TPSA) is 62.9 Å². The predicted octanol–water partition coefficient (Wildman–Crippen LogP) is 4.88. The number of fused-ring (bicyclic) bond motifs is 1. The Bertz CT molecular complexity index is 1040. The number of alkyl halides is 3. The lowest BCUT2D eigenvalue weighted by atomic mass is 9.94. The van der Waals surface area contributed by atoms with Crippen molar-refractivity contribution in [3.63, 3.8) is 0 Å². The number of hydrogen-bond donors (Lipinski definition) is 1. The zero-order valence-corrected chi connectivity index (χ0v) is 17.4. The smallest absolute Gasteiger partial charge is 0.416 e. The summed E-state index contributed by atoms with van der Waals surface area (Å²) in [5.74, 6) is 0.818. The second-order valence-electron chi connectivity index (χ2n) is 8.05. The average molecular weight is 447 g/mol. The molecule has 2 heterocycles. The third-order valence-electron chi connectivity index (χ3n) is 5.79. The first-order chi connectivity index (χ1) is 15.3. The minimum atomic E-state index is -4.32. The molecule has 1 aromatic carbocycles.